The molecule has 31 heavy (non-hydrogen) atoms. The van der Waals surface area contributed by atoms with Crippen LogP contribution < -0.4 is 15.0 Å². The summed E-state index contributed by atoms with van der Waals surface area (Å²) in [6.07, 6.45) is 0. The molecule has 0 spiro atoms. The highest BCUT2D eigenvalue weighted by molar-refractivity contribution is 7.16. The van der Waals surface area contributed by atoms with Crippen LogP contribution in [0.25, 0.3) is 21.2 Å². The number of methoxy groups -OCH3 is 1. The van der Waals surface area contributed by atoms with Crippen molar-refractivity contribution < 1.29 is 23.5 Å². The van der Waals surface area contributed by atoms with Gasteiger partial charge in [0, 0.05) is 6.07 Å². The second-order valence-electron chi connectivity index (χ2n) is 6.47. The Kier molecular flexibility index (Phi) is 5.68. The average molecular weight is 438 g/mol. The van der Waals surface area contributed by atoms with Crippen molar-refractivity contribution in [2.45, 2.75) is 13.5 Å². The van der Waals surface area contributed by atoms with Crippen LogP contribution in [0, 0.1) is 0 Å². The van der Waals surface area contributed by atoms with Gasteiger partial charge < -0.3 is 18.5 Å². The number of hydrogen-bond donors (Lipinski definition) is 0. The fourth-order valence-corrected chi connectivity index (χ4v) is 4.23. The van der Waals surface area contributed by atoms with Crippen LogP contribution in [0.3, 0.4) is 0 Å². The fourth-order valence-electron chi connectivity index (χ4n) is 3.18. The molecule has 9 heteroatoms. The lowest BCUT2D eigenvalue weighted by molar-refractivity contribution is -0.143. The van der Waals surface area contributed by atoms with Gasteiger partial charge in [-0.2, -0.15) is 4.99 Å². The van der Waals surface area contributed by atoms with Crippen LogP contribution in [0.2, 0.25) is 0 Å². The van der Waals surface area contributed by atoms with E-state index >= 15 is 0 Å². The molecule has 158 valence electrons. The van der Waals surface area contributed by atoms with Crippen molar-refractivity contribution in [1.29, 1.82) is 0 Å². The normalized spacial score (nSPS) is 11.7. The van der Waals surface area contributed by atoms with E-state index in [-0.39, 0.29) is 29.1 Å². The Morgan fingerprint density at radius 3 is 2.74 bits per heavy atom. The van der Waals surface area contributed by atoms with Crippen molar-refractivity contribution in [1.82, 2.24) is 4.57 Å². The number of hydrogen-bond acceptors (Lipinski definition) is 7. The third-order valence-corrected chi connectivity index (χ3v) is 5.56. The number of para-hydroxylation sites is 2. The number of thiazole rings is 1. The molecule has 0 unspecified atom stereocenters. The highest BCUT2D eigenvalue weighted by Crippen LogP contribution is 2.27. The van der Waals surface area contributed by atoms with E-state index in [0.717, 1.165) is 10.8 Å². The first kappa shape index (κ1) is 20.5. The van der Waals surface area contributed by atoms with Crippen molar-refractivity contribution in [2.75, 3.05) is 13.7 Å². The maximum atomic E-state index is 12.9. The number of fused-ring (bicyclic) bond motifs is 2. The molecule has 0 fully saturated rings. The van der Waals surface area contributed by atoms with E-state index in [4.69, 9.17) is 13.9 Å². The molecule has 0 aliphatic rings. The van der Waals surface area contributed by atoms with Crippen molar-refractivity contribution >= 4 is 44.4 Å². The summed E-state index contributed by atoms with van der Waals surface area (Å²) in [6.45, 7) is 1.79. The minimum Gasteiger partial charge on any atom is -0.495 e. The Morgan fingerprint density at radius 2 is 1.97 bits per heavy atom. The number of benzene rings is 2. The van der Waals surface area contributed by atoms with Gasteiger partial charge in [0.2, 0.25) is 0 Å². The van der Waals surface area contributed by atoms with Gasteiger partial charge in [0.05, 0.1) is 23.8 Å². The number of ether oxygens (including phenoxy) is 2. The number of nitrogens with zero attached hydrogens (tertiary/aromatic N) is 2. The summed E-state index contributed by atoms with van der Waals surface area (Å²) in [5, 5.41) is 0.378. The average Bonchev–Trinajstić information content (AvgIpc) is 3.10. The summed E-state index contributed by atoms with van der Waals surface area (Å²) in [5.74, 6) is -0.856. The second kappa shape index (κ2) is 8.57. The first-order chi connectivity index (χ1) is 15.0. The van der Waals surface area contributed by atoms with Gasteiger partial charge in [0.25, 0.3) is 0 Å². The van der Waals surface area contributed by atoms with E-state index < -0.39 is 11.9 Å². The molecule has 0 saturated carbocycles. The molecule has 2 heterocycles. The minimum absolute atomic E-state index is 0.151. The molecule has 0 radical (unpaired) electrons. The number of rotatable bonds is 5. The Morgan fingerprint density at radius 1 is 1.16 bits per heavy atom. The number of carbonyl (C=O) groups excluding carboxylic acids is 2. The smallest absolute Gasteiger partial charge is 0.326 e. The molecule has 4 aromatic rings. The summed E-state index contributed by atoms with van der Waals surface area (Å²) in [4.78, 5) is 41.8. The molecular formula is C22H18N2O6S. The van der Waals surface area contributed by atoms with Gasteiger partial charge in [-0.3, -0.25) is 14.4 Å². The molecule has 2 aromatic heterocycles. The Hall–Kier alpha value is -3.72. The summed E-state index contributed by atoms with van der Waals surface area (Å²) in [7, 11) is 1.52. The summed E-state index contributed by atoms with van der Waals surface area (Å²) < 4.78 is 18.4. The Bertz CT molecular complexity index is 1430. The van der Waals surface area contributed by atoms with E-state index in [1.165, 1.54) is 18.4 Å². The lowest BCUT2D eigenvalue weighted by Gasteiger charge is -2.08. The second-order valence-corrected chi connectivity index (χ2v) is 7.48. The van der Waals surface area contributed by atoms with Gasteiger partial charge in [0.1, 0.15) is 23.4 Å². The van der Waals surface area contributed by atoms with Crippen LogP contribution in [0.1, 0.15) is 17.5 Å². The maximum Gasteiger partial charge on any atom is 0.326 e. The van der Waals surface area contributed by atoms with E-state index in [0.29, 0.717) is 22.2 Å². The van der Waals surface area contributed by atoms with Crippen LogP contribution in [0.15, 0.2) is 62.7 Å². The van der Waals surface area contributed by atoms with Gasteiger partial charge in [-0.05, 0) is 31.2 Å². The van der Waals surface area contributed by atoms with Gasteiger partial charge in [-0.25, -0.2) is 0 Å². The van der Waals surface area contributed by atoms with Crippen molar-refractivity contribution in [3.8, 4) is 5.75 Å². The minimum atomic E-state index is -0.731. The van der Waals surface area contributed by atoms with Crippen LogP contribution in [0.5, 0.6) is 5.75 Å². The zero-order chi connectivity index (χ0) is 22.0. The molecule has 0 atom stereocenters. The SMILES string of the molecule is CCOC(=O)Cn1c(=NC(=O)c2cc(=O)c3ccccc3o2)sc2cccc(OC)c21. The highest BCUT2D eigenvalue weighted by Gasteiger charge is 2.17. The molecule has 8 nitrogen and oxygen atoms in total. The van der Waals surface area contributed by atoms with Gasteiger partial charge >= 0.3 is 11.9 Å². The van der Waals surface area contributed by atoms with Crippen LogP contribution in [-0.2, 0) is 16.1 Å². The molecule has 1 amide bonds. The number of carbonyl (C=O) groups is 2. The predicted molar refractivity (Wildman–Crippen MR) is 115 cm³/mol. The monoisotopic (exact) mass is 438 g/mol. The standard InChI is InChI=1S/C22H18N2O6S/c1-3-29-19(26)12-24-20-16(28-2)9-6-10-18(20)31-22(24)23-21(27)17-11-14(25)13-7-4-5-8-15(13)30-17/h4-11H,3,12H2,1-2H3. The van der Waals surface area contributed by atoms with Gasteiger partial charge in [-0.1, -0.05) is 29.5 Å². The van der Waals surface area contributed by atoms with Crippen LogP contribution >= 0.6 is 11.3 Å². The zero-order valence-electron chi connectivity index (χ0n) is 16.8. The van der Waals surface area contributed by atoms with Crippen LogP contribution in [0.4, 0.5) is 0 Å². The highest BCUT2D eigenvalue weighted by atomic mass is 32.1. The molecule has 0 N–H and O–H groups in total. The summed E-state index contributed by atoms with van der Waals surface area (Å²) >= 11 is 1.21. The van der Waals surface area contributed by atoms with Crippen molar-refractivity contribution in [3.63, 3.8) is 0 Å². The van der Waals surface area contributed by atoms with E-state index in [9.17, 15) is 14.4 Å². The topological polar surface area (TPSA) is 100 Å². The number of aromatic nitrogens is 1. The molecule has 0 saturated heterocycles. The van der Waals surface area contributed by atoms with E-state index in [2.05, 4.69) is 4.99 Å². The van der Waals surface area contributed by atoms with E-state index in [1.807, 2.05) is 6.07 Å². The lowest BCUT2D eigenvalue weighted by Crippen LogP contribution is -2.23. The first-order valence-electron chi connectivity index (χ1n) is 9.45. The Balaban J connectivity index is 1.87. The summed E-state index contributed by atoms with van der Waals surface area (Å²) in [6, 6.07) is 13.2. The maximum absolute atomic E-state index is 12.9. The number of esters is 1. The number of amides is 1. The molecule has 4 rings (SSSR count). The molecule has 0 bridgehead atoms. The Labute approximate surface area is 180 Å². The van der Waals surface area contributed by atoms with Crippen molar-refractivity contribution in [2.24, 2.45) is 4.99 Å². The fraction of sp³-hybridized carbons (Fsp3) is 0.182. The lowest BCUT2D eigenvalue weighted by atomic mass is 10.2. The molecule has 0 aliphatic carbocycles. The third-order valence-electron chi connectivity index (χ3n) is 4.52. The van der Waals surface area contributed by atoms with Crippen LogP contribution in [-0.4, -0.2) is 30.2 Å². The van der Waals surface area contributed by atoms with E-state index in [1.54, 1.807) is 47.9 Å². The third kappa shape index (κ3) is 3.99. The summed E-state index contributed by atoms with van der Waals surface area (Å²) in [5.41, 5.74) is 0.582. The van der Waals surface area contributed by atoms with Gasteiger partial charge in [-0.15, -0.1) is 0 Å². The first-order valence-corrected chi connectivity index (χ1v) is 10.3. The van der Waals surface area contributed by atoms with Crippen molar-refractivity contribution in [3.05, 3.63) is 69.3 Å². The largest absolute Gasteiger partial charge is 0.495 e. The van der Waals surface area contributed by atoms with Gasteiger partial charge in [0.15, 0.2) is 16.0 Å². The molecule has 2 aromatic carbocycles. The quantitative estimate of drug-likeness (QED) is 0.444. The predicted octanol–water partition coefficient (Wildman–Crippen LogP) is 3.12. The molecular weight excluding hydrogens is 420 g/mol. The zero-order valence-corrected chi connectivity index (χ0v) is 17.6. The molecule has 0 aliphatic heterocycles.